The third-order valence-electron chi connectivity index (χ3n) is 6.44. The lowest BCUT2D eigenvalue weighted by Gasteiger charge is -2.24. The quantitative estimate of drug-likeness (QED) is 0.104. The summed E-state index contributed by atoms with van der Waals surface area (Å²) in [6.45, 7) is 9.26. The highest BCUT2D eigenvalue weighted by Gasteiger charge is 2.30. The molecule has 3 amide bonds. The monoisotopic (exact) mass is 632 g/mol. The summed E-state index contributed by atoms with van der Waals surface area (Å²) in [6, 6.07) is 2.31. The zero-order chi connectivity index (χ0) is 31.8. The van der Waals surface area contributed by atoms with Gasteiger partial charge in [0.2, 0.25) is 5.91 Å². The van der Waals surface area contributed by atoms with E-state index in [4.69, 9.17) is 4.74 Å². The molecule has 0 spiro atoms. The molecule has 0 unspecified atom stereocenters. The fourth-order valence-corrected chi connectivity index (χ4v) is 5.61. The van der Waals surface area contributed by atoms with Crippen molar-refractivity contribution in [3.63, 3.8) is 0 Å². The van der Waals surface area contributed by atoms with E-state index in [9.17, 15) is 24.0 Å². The Labute approximate surface area is 263 Å². The summed E-state index contributed by atoms with van der Waals surface area (Å²) >= 11 is 2.80. The molecular weight excluding hydrogens is 588 g/mol. The number of carbonyl (C=O) groups is 5. The highest BCUT2D eigenvalue weighted by atomic mass is 32.2. The highest BCUT2D eigenvalue weighted by molar-refractivity contribution is 8.13. The van der Waals surface area contributed by atoms with Crippen LogP contribution in [0.3, 0.4) is 0 Å². The van der Waals surface area contributed by atoms with Gasteiger partial charge in [-0.3, -0.25) is 19.2 Å². The molecule has 1 aromatic rings. The lowest BCUT2D eigenvalue weighted by Crippen LogP contribution is -2.48. The molecule has 43 heavy (non-hydrogen) atoms. The van der Waals surface area contributed by atoms with Crippen molar-refractivity contribution in [2.75, 3.05) is 11.5 Å². The number of allylic oxidation sites excluding steroid dienone is 2. The van der Waals surface area contributed by atoms with Gasteiger partial charge in [0.1, 0.15) is 23.5 Å². The van der Waals surface area contributed by atoms with Gasteiger partial charge in [-0.2, -0.15) is 0 Å². The summed E-state index contributed by atoms with van der Waals surface area (Å²) in [4.78, 5) is 69.7. The number of cyclic esters (lactones) is 1. The minimum Gasteiger partial charge on any atom is -0.456 e. The smallest absolute Gasteiger partial charge is 0.329 e. The van der Waals surface area contributed by atoms with Crippen molar-refractivity contribution in [2.45, 2.75) is 96.7 Å². The summed E-state index contributed by atoms with van der Waals surface area (Å²) in [5.41, 5.74) is 0.569. The Morgan fingerprint density at radius 3 is 2.58 bits per heavy atom. The average Bonchev–Trinajstić information content (AvgIpc) is 2.97. The highest BCUT2D eigenvalue weighted by Crippen LogP contribution is 2.22. The minimum atomic E-state index is -1.03. The third-order valence-corrected chi connectivity index (χ3v) is 8.38. The summed E-state index contributed by atoms with van der Waals surface area (Å²) in [5, 5.41) is 8.22. The van der Waals surface area contributed by atoms with E-state index in [-0.39, 0.29) is 41.3 Å². The van der Waals surface area contributed by atoms with Crippen molar-refractivity contribution in [3.8, 4) is 0 Å². The van der Waals surface area contributed by atoms with E-state index in [2.05, 4.69) is 27.9 Å². The predicted octanol–water partition coefficient (Wildman–Crippen LogP) is 4.69. The maximum absolute atomic E-state index is 13.3. The van der Waals surface area contributed by atoms with Gasteiger partial charge in [-0.25, -0.2) is 9.78 Å². The zero-order valence-corrected chi connectivity index (χ0v) is 27.3. The van der Waals surface area contributed by atoms with E-state index >= 15 is 0 Å². The molecule has 2 rings (SSSR count). The van der Waals surface area contributed by atoms with Crippen LogP contribution in [0.5, 0.6) is 0 Å². The molecule has 10 nitrogen and oxygen atoms in total. The number of hydrogen-bond acceptors (Lipinski definition) is 9. The third kappa shape index (κ3) is 12.6. The molecule has 0 saturated heterocycles. The Kier molecular flexibility index (Phi) is 16.1. The largest absolute Gasteiger partial charge is 0.456 e. The number of aromatic nitrogens is 1. The first-order chi connectivity index (χ1) is 20.6. The molecule has 1 aliphatic rings. The number of nitrogens with one attached hydrogen (secondary N) is 3. The molecule has 0 aliphatic carbocycles. The van der Waals surface area contributed by atoms with Crippen LogP contribution in [0.25, 0.3) is 0 Å². The number of nitrogens with zero attached hydrogens (tertiary/aromatic N) is 1. The number of pyridine rings is 1. The molecule has 0 aromatic carbocycles. The minimum absolute atomic E-state index is 0.0302. The van der Waals surface area contributed by atoms with E-state index in [1.165, 1.54) is 29.6 Å². The maximum atomic E-state index is 13.3. The topological polar surface area (TPSA) is 144 Å². The second-order valence-corrected chi connectivity index (χ2v) is 12.7. The van der Waals surface area contributed by atoms with Crippen LogP contribution in [-0.2, 0) is 30.5 Å². The first-order valence-electron chi connectivity index (χ1n) is 14.8. The molecule has 1 aliphatic heterocycles. The first kappa shape index (κ1) is 36.1. The molecular formula is C31H44N4O6S2. The van der Waals surface area contributed by atoms with Gasteiger partial charge in [0.05, 0.1) is 18.7 Å². The zero-order valence-electron chi connectivity index (χ0n) is 25.7. The van der Waals surface area contributed by atoms with Crippen molar-refractivity contribution < 1.29 is 28.7 Å². The van der Waals surface area contributed by atoms with Gasteiger partial charge in [-0.05, 0) is 49.6 Å². The number of hydrogen-bond donors (Lipinski definition) is 3. The van der Waals surface area contributed by atoms with Crippen LogP contribution >= 0.6 is 23.5 Å². The molecule has 12 heteroatoms. The van der Waals surface area contributed by atoms with Crippen LogP contribution in [-0.4, -0.2) is 57.4 Å². The molecule has 0 radical (unpaired) electrons. The number of rotatable bonds is 11. The number of ether oxygens (including phenoxy) is 1. The molecule has 0 fully saturated rings. The van der Waals surface area contributed by atoms with Crippen LogP contribution in [0.2, 0.25) is 0 Å². The van der Waals surface area contributed by atoms with Gasteiger partial charge >= 0.3 is 5.97 Å². The lowest BCUT2D eigenvalue weighted by molar-refractivity contribution is -0.153. The number of amides is 3. The van der Waals surface area contributed by atoms with E-state index in [1.54, 1.807) is 45.1 Å². The van der Waals surface area contributed by atoms with Crippen molar-refractivity contribution in [3.05, 3.63) is 47.4 Å². The number of carbonyl (C=O) groups excluding carboxylic acids is 5. The van der Waals surface area contributed by atoms with Crippen LogP contribution < -0.4 is 16.0 Å². The van der Waals surface area contributed by atoms with Gasteiger partial charge in [-0.15, -0.1) is 11.8 Å². The van der Waals surface area contributed by atoms with Crippen LogP contribution in [0, 0.1) is 5.92 Å². The first-order valence-corrected chi connectivity index (χ1v) is 16.8. The maximum Gasteiger partial charge on any atom is 0.329 e. The summed E-state index contributed by atoms with van der Waals surface area (Å²) in [5.74, 6) is -1.32. The Bertz CT molecular complexity index is 1200. The van der Waals surface area contributed by atoms with E-state index < -0.39 is 29.9 Å². The molecule has 1 aromatic heterocycles. The number of unbranched alkanes of at least 4 members (excludes halogenated alkanes) is 2. The standard InChI is InChI=1S/C31H44N4O6S2/c1-6-9-10-14-27(37)43-17-12-11-13-21-18-26(36)32-19-24-25(42-8-3)16-15-23(33-24)30(39)34-22(7-2)29(38)35-28(20(4)5)31(40)41-21/h7,11,13,15-16,20-21,28H,6,8-10,12,14,17-19H2,1-5H3,(H,32,36)(H,34,39)(H,35,38)/b13-11+,22-7-/t21-,28+/m1/s1. The number of esters is 1. The summed E-state index contributed by atoms with van der Waals surface area (Å²) in [6.07, 6.45) is 7.94. The van der Waals surface area contributed by atoms with Crippen molar-refractivity contribution in [1.82, 2.24) is 20.9 Å². The molecule has 2 bridgehead atoms. The SMILES string of the molecule is C/C=C1\NC(=O)c2ccc(SCC)c(n2)CNC(=O)C[C@@H](/C=C/CCSC(=O)CCCCC)OC(=O)[C@H](C(C)C)NC1=O. The molecule has 236 valence electrons. The van der Waals surface area contributed by atoms with Crippen LogP contribution in [0.15, 0.2) is 41.0 Å². The molecule has 3 N–H and O–H groups in total. The molecule has 2 heterocycles. The fraction of sp³-hybridized carbons (Fsp3) is 0.548. The van der Waals surface area contributed by atoms with Gasteiger partial charge < -0.3 is 20.7 Å². The van der Waals surface area contributed by atoms with Crippen LogP contribution in [0.4, 0.5) is 0 Å². The predicted molar refractivity (Wildman–Crippen MR) is 170 cm³/mol. The Hall–Kier alpha value is -3.12. The molecule has 2 atom stereocenters. The van der Waals surface area contributed by atoms with Gasteiger partial charge in [-0.1, -0.05) is 64.5 Å². The van der Waals surface area contributed by atoms with Gasteiger partial charge in [0.25, 0.3) is 11.8 Å². The van der Waals surface area contributed by atoms with Crippen molar-refractivity contribution in [2.24, 2.45) is 5.92 Å². The second kappa shape index (κ2) is 19.2. The van der Waals surface area contributed by atoms with E-state index in [0.717, 1.165) is 29.9 Å². The number of fused-ring (bicyclic) bond motifs is 2. The van der Waals surface area contributed by atoms with Crippen LogP contribution in [0.1, 0.15) is 89.3 Å². The van der Waals surface area contributed by atoms with Gasteiger partial charge in [0.15, 0.2) is 5.12 Å². The Morgan fingerprint density at radius 1 is 1.14 bits per heavy atom. The molecule has 0 saturated carbocycles. The van der Waals surface area contributed by atoms with E-state index in [0.29, 0.717) is 24.3 Å². The Morgan fingerprint density at radius 2 is 1.91 bits per heavy atom. The summed E-state index contributed by atoms with van der Waals surface area (Å²) in [7, 11) is 0. The second-order valence-electron chi connectivity index (χ2n) is 10.3. The lowest BCUT2D eigenvalue weighted by atomic mass is 10.0. The summed E-state index contributed by atoms with van der Waals surface area (Å²) < 4.78 is 5.73. The van der Waals surface area contributed by atoms with Crippen molar-refractivity contribution >= 4 is 52.3 Å². The average molecular weight is 633 g/mol. The fourth-order valence-electron chi connectivity index (χ4n) is 4.08. The Balaban J connectivity index is 2.30. The normalized spacial score (nSPS) is 19.7. The van der Waals surface area contributed by atoms with Gasteiger partial charge in [0, 0.05) is 17.1 Å². The van der Waals surface area contributed by atoms with Crippen molar-refractivity contribution in [1.29, 1.82) is 0 Å². The van der Waals surface area contributed by atoms with E-state index in [1.807, 2.05) is 6.92 Å². The number of thioether (sulfide) groups is 2.